The second-order valence-corrected chi connectivity index (χ2v) is 13.3. The molecule has 3 aliphatic heterocycles. The molecule has 250 valence electrons. The van der Waals surface area contributed by atoms with Crippen molar-refractivity contribution in [3.05, 3.63) is 59.7 Å². The molecule has 2 amide bonds. The highest BCUT2D eigenvalue weighted by Gasteiger charge is 2.63. The van der Waals surface area contributed by atoms with Crippen molar-refractivity contribution in [1.82, 2.24) is 19.8 Å². The lowest BCUT2D eigenvalue weighted by molar-refractivity contribution is -0.208. The van der Waals surface area contributed by atoms with Crippen LogP contribution >= 0.6 is 0 Å². The molecule has 2 aromatic heterocycles. The van der Waals surface area contributed by atoms with Gasteiger partial charge in [0.2, 0.25) is 5.91 Å². The lowest BCUT2D eigenvalue weighted by Gasteiger charge is -2.42. The molecular weight excluding hydrogens is 612 g/mol. The highest BCUT2D eigenvalue weighted by Crippen LogP contribution is 2.58. The highest BCUT2D eigenvalue weighted by molar-refractivity contribution is 6.31. The van der Waals surface area contributed by atoms with Crippen LogP contribution in [0.2, 0.25) is 0 Å². The van der Waals surface area contributed by atoms with E-state index in [1.54, 1.807) is 7.11 Å². The van der Waals surface area contributed by atoms with Gasteiger partial charge in [-0.2, -0.15) is 0 Å². The van der Waals surface area contributed by atoms with Crippen molar-refractivity contribution in [3.8, 4) is 0 Å². The lowest BCUT2D eigenvalue weighted by Crippen LogP contribution is -2.55. The first-order valence-electron chi connectivity index (χ1n) is 16.7. The molecule has 8 rings (SSSR count). The summed E-state index contributed by atoms with van der Waals surface area (Å²) in [5.41, 5.74) is 14.8. The summed E-state index contributed by atoms with van der Waals surface area (Å²) in [6.07, 6.45) is 1.98. The third-order valence-electron chi connectivity index (χ3n) is 10.7. The fraction of sp³-hybridized carbons (Fsp3) is 0.417. The van der Waals surface area contributed by atoms with Crippen molar-refractivity contribution in [2.24, 2.45) is 11.5 Å². The quantitative estimate of drug-likeness (QED) is 0.124. The molecule has 6 N–H and O–H groups in total. The number of benzene rings is 3. The third-order valence-corrected chi connectivity index (χ3v) is 10.7. The SMILES string of the molecule is CO[C@]1(COC(=O)CCNC(=O)[C@@H](N)CCCCN)C[C@H]2O[C@]1(C)n1c3ccccc3c3c4c(c5c6ccccc6n2c5c31)C(=O)NC4. The van der Waals surface area contributed by atoms with Gasteiger partial charge in [0.1, 0.15) is 12.8 Å². The lowest BCUT2D eigenvalue weighted by atomic mass is 9.89. The molecule has 4 atom stereocenters. The van der Waals surface area contributed by atoms with Crippen LogP contribution in [0.3, 0.4) is 0 Å². The maximum atomic E-state index is 13.5. The van der Waals surface area contributed by atoms with Crippen molar-refractivity contribution < 1.29 is 28.6 Å². The number of rotatable bonds is 11. The minimum Gasteiger partial charge on any atom is -0.462 e. The predicted octanol–water partition coefficient (Wildman–Crippen LogP) is 3.64. The number of nitrogens with zero attached hydrogens (tertiary/aromatic N) is 2. The molecule has 12 nitrogen and oxygen atoms in total. The standard InChI is InChI=1S/C36H40N6O6/c1-35-36(46-2,19-47-27(43)14-16-39-33(44)23(38)11-7-8-15-37)17-26(48-35)41-24-12-5-3-9-20(24)29-30-22(18-40-34(30)45)28-21-10-4-6-13-25(21)42(35)32(28)31(29)41/h3-6,9-10,12-13,23,26H,7-8,11,14-19,37-38H2,1-2H3,(H,39,44)(H,40,45)/t23-,26+,35-,36-/m0/s1. The van der Waals surface area contributed by atoms with E-state index in [2.05, 4.69) is 44.0 Å². The summed E-state index contributed by atoms with van der Waals surface area (Å²) in [4.78, 5) is 39.0. The summed E-state index contributed by atoms with van der Waals surface area (Å²) in [7, 11) is 1.63. The van der Waals surface area contributed by atoms with Crippen LogP contribution in [0.15, 0.2) is 48.5 Å². The van der Waals surface area contributed by atoms with Crippen molar-refractivity contribution in [1.29, 1.82) is 0 Å². The van der Waals surface area contributed by atoms with Gasteiger partial charge in [0, 0.05) is 48.2 Å². The smallest absolute Gasteiger partial charge is 0.307 e. The molecule has 0 aliphatic carbocycles. The minimum absolute atomic E-state index is 0.0163. The van der Waals surface area contributed by atoms with Crippen LogP contribution in [-0.2, 0) is 36.1 Å². The average Bonchev–Trinajstić information content (AvgIpc) is 3.80. The van der Waals surface area contributed by atoms with Gasteiger partial charge in [-0.25, -0.2) is 0 Å². The molecule has 0 spiro atoms. The Kier molecular flexibility index (Phi) is 7.26. The van der Waals surface area contributed by atoms with Gasteiger partial charge in [0.05, 0.1) is 40.1 Å². The number of unbranched alkanes of at least 4 members (excludes halogenated alkanes) is 1. The average molecular weight is 653 g/mol. The van der Waals surface area contributed by atoms with E-state index in [0.29, 0.717) is 31.5 Å². The van der Waals surface area contributed by atoms with E-state index in [4.69, 9.17) is 25.7 Å². The fourth-order valence-electron chi connectivity index (χ4n) is 8.36. The van der Waals surface area contributed by atoms with E-state index in [1.807, 2.05) is 31.2 Å². The van der Waals surface area contributed by atoms with Gasteiger partial charge in [-0.05, 0) is 44.0 Å². The van der Waals surface area contributed by atoms with Crippen molar-refractivity contribution >= 4 is 61.4 Å². The zero-order valence-corrected chi connectivity index (χ0v) is 27.1. The molecule has 1 saturated heterocycles. The Morgan fingerprint density at radius 1 is 1.08 bits per heavy atom. The minimum atomic E-state index is -1.12. The molecule has 48 heavy (non-hydrogen) atoms. The molecule has 1 fully saturated rings. The number of carbonyl (C=O) groups excluding carboxylic acids is 3. The summed E-state index contributed by atoms with van der Waals surface area (Å²) in [5, 5.41) is 9.75. The number of nitrogens with two attached hydrogens (primary N) is 2. The molecule has 2 bridgehead atoms. The number of esters is 1. The summed E-state index contributed by atoms with van der Waals surface area (Å²) in [6, 6.07) is 15.6. The van der Waals surface area contributed by atoms with Crippen LogP contribution < -0.4 is 22.1 Å². The van der Waals surface area contributed by atoms with Crippen molar-refractivity contribution in [2.45, 2.75) is 69.2 Å². The normalized spacial score (nSPS) is 23.2. The Balaban J connectivity index is 1.19. The van der Waals surface area contributed by atoms with E-state index in [-0.39, 0.29) is 31.4 Å². The molecule has 12 heteroatoms. The number of carbonyl (C=O) groups is 3. The van der Waals surface area contributed by atoms with Crippen molar-refractivity contribution in [3.63, 3.8) is 0 Å². The number of hydrogen-bond acceptors (Lipinski definition) is 8. The number of fused-ring (bicyclic) bond motifs is 13. The number of methoxy groups -OCH3 is 1. The molecule has 3 aromatic carbocycles. The molecule has 0 radical (unpaired) electrons. The second kappa shape index (κ2) is 11.3. The summed E-state index contributed by atoms with van der Waals surface area (Å²) < 4.78 is 23.9. The van der Waals surface area contributed by atoms with Crippen molar-refractivity contribution in [2.75, 3.05) is 26.8 Å². The van der Waals surface area contributed by atoms with E-state index < -0.39 is 29.6 Å². The summed E-state index contributed by atoms with van der Waals surface area (Å²) in [5.74, 6) is -0.841. The van der Waals surface area contributed by atoms with Gasteiger partial charge >= 0.3 is 5.97 Å². The first-order chi connectivity index (χ1) is 23.2. The topological polar surface area (TPSA) is 165 Å². The number of ether oxygens (including phenoxy) is 3. The van der Waals surface area contributed by atoms with E-state index in [9.17, 15) is 14.4 Å². The number of hydrogen-bond donors (Lipinski definition) is 4. The summed E-state index contributed by atoms with van der Waals surface area (Å²) in [6.45, 7) is 3.02. The van der Waals surface area contributed by atoms with E-state index in [0.717, 1.165) is 62.0 Å². The molecule has 0 unspecified atom stereocenters. The largest absolute Gasteiger partial charge is 0.462 e. The number of para-hydroxylation sites is 2. The zero-order valence-electron chi connectivity index (χ0n) is 27.1. The van der Waals surface area contributed by atoms with Gasteiger partial charge in [-0.3, -0.25) is 14.4 Å². The Morgan fingerprint density at radius 2 is 1.81 bits per heavy atom. The molecule has 0 saturated carbocycles. The Bertz CT molecular complexity index is 2150. The molecule has 5 aromatic rings. The monoisotopic (exact) mass is 652 g/mol. The molecule has 3 aliphatic rings. The van der Waals surface area contributed by atoms with Crippen LogP contribution in [-0.4, -0.2) is 65.4 Å². The van der Waals surface area contributed by atoms with Crippen LogP contribution in [0.25, 0.3) is 43.6 Å². The second-order valence-electron chi connectivity index (χ2n) is 13.3. The van der Waals surface area contributed by atoms with Gasteiger partial charge < -0.3 is 45.4 Å². The first kappa shape index (κ1) is 30.8. The number of nitrogens with one attached hydrogen (secondary N) is 2. The van der Waals surface area contributed by atoms with E-state index in [1.165, 1.54) is 0 Å². The maximum absolute atomic E-state index is 13.5. The number of aromatic nitrogens is 2. The Labute approximate surface area is 276 Å². The summed E-state index contributed by atoms with van der Waals surface area (Å²) >= 11 is 0. The third kappa shape index (κ3) is 4.19. The Morgan fingerprint density at radius 3 is 2.56 bits per heavy atom. The first-order valence-corrected chi connectivity index (χ1v) is 16.7. The molecule has 5 heterocycles. The van der Waals surface area contributed by atoms with Crippen LogP contribution in [0.4, 0.5) is 0 Å². The van der Waals surface area contributed by atoms with Gasteiger partial charge in [-0.1, -0.05) is 42.8 Å². The van der Waals surface area contributed by atoms with Crippen LogP contribution in [0, 0.1) is 0 Å². The predicted molar refractivity (Wildman–Crippen MR) is 181 cm³/mol. The highest BCUT2D eigenvalue weighted by atomic mass is 16.6. The van der Waals surface area contributed by atoms with E-state index >= 15 is 0 Å². The zero-order chi connectivity index (χ0) is 33.4. The van der Waals surface area contributed by atoms with Gasteiger partial charge in [-0.15, -0.1) is 0 Å². The molecular formula is C36H40N6O6. The van der Waals surface area contributed by atoms with Gasteiger partial charge in [0.15, 0.2) is 11.3 Å². The van der Waals surface area contributed by atoms with Gasteiger partial charge in [0.25, 0.3) is 5.91 Å². The van der Waals surface area contributed by atoms with Crippen LogP contribution in [0.1, 0.15) is 61.2 Å². The van der Waals surface area contributed by atoms with Crippen LogP contribution in [0.5, 0.6) is 0 Å². The number of amides is 2. The maximum Gasteiger partial charge on any atom is 0.307 e. The fourth-order valence-corrected chi connectivity index (χ4v) is 8.36. The Hall–Kier alpha value is -4.49.